The number of amides is 1. The fourth-order valence-corrected chi connectivity index (χ4v) is 4.84. The monoisotopic (exact) mass is 378 g/mol. The Morgan fingerprint density at radius 1 is 1.04 bits per heavy atom. The summed E-state index contributed by atoms with van der Waals surface area (Å²) in [7, 11) is -3.53. The highest BCUT2D eigenvalue weighted by Crippen LogP contribution is 2.23. The summed E-state index contributed by atoms with van der Waals surface area (Å²) in [4.78, 5) is 14.2. The molecule has 0 aromatic heterocycles. The van der Waals surface area contributed by atoms with Gasteiger partial charge in [-0.3, -0.25) is 4.79 Å². The van der Waals surface area contributed by atoms with Gasteiger partial charge in [0.15, 0.2) is 0 Å². The van der Waals surface area contributed by atoms with Crippen LogP contribution in [0.15, 0.2) is 47.4 Å². The van der Waals surface area contributed by atoms with Crippen LogP contribution >= 0.6 is 11.8 Å². The number of sulfonamides is 1. The molecule has 2 aromatic carbocycles. The van der Waals surface area contributed by atoms with Crippen LogP contribution < -0.4 is 0 Å². The third-order valence-electron chi connectivity index (χ3n) is 4.47. The maximum absolute atomic E-state index is 12.9. The van der Waals surface area contributed by atoms with Gasteiger partial charge in [-0.25, -0.2) is 8.42 Å². The SMILES string of the molecule is CSCCC(=O)N1CCN(S(=O)(=O)c2ccc3ccccc3c2)CC1. The van der Waals surface area contributed by atoms with Crippen molar-refractivity contribution in [2.45, 2.75) is 11.3 Å². The van der Waals surface area contributed by atoms with Crippen molar-refractivity contribution in [3.63, 3.8) is 0 Å². The van der Waals surface area contributed by atoms with Gasteiger partial charge in [0.25, 0.3) is 0 Å². The zero-order valence-electron chi connectivity index (χ0n) is 14.2. The molecular formula is C18H22N2O3S2. The first-order valence-electron chi connectivity index (χ1n) is 8.28. The minimum absolute atomic E-state index is 0.108. The number of rotatable bonds is 5. The van der Waals surface area contributed by atoms with Gasteiger partial charge in [-0.1, -0.05) is 30.3 Å². The van der Waals surface area contributed by atoms with E-state index in [1.807, 2.05) is 36.6 Å². The van der Waals surface area contributed by atoms with E-state index in [-0.39, 0.29) is 5.91 Å². The number of fused-ring (bicyclic) bond motifs is 1. The van der Waals surface area contributed by atoms with Gasteiger partial charge in [-0.05, 0) is 29.2 Å². The second kappa shape index (κ2) is 7.76. The molecule has 1 saturated heterocycles. The van der Waals surface area contributed by atoms with E-state index in [1.54, 1.807) is 28.8 Å². The fourth-order valence-electron chi connectivity index (χ4n) is 3.00. The second-order valence-corrected chi connectivity index (χ2v) is 8.96. The number of carbonyl (C=O) groups is 1. The Bertz CT molecular complexity index is 860. The van der Waals surface area contributed by atoms with Crippen molar-refractivity contribution < 1.29 is 13.2 Å². The lowest BCUT2D eigenvalue weighted by Gasteiger charge is -2.34. The molecule has 0 bridgehead atoms. The Labute approximate surface area is 153 Å². The molecule has 134 valence electrons. The molecule has 1 amide bonds. The average Bonchev–Trinajstić information content (AvgIpc) is 2.65. The molecule has 0 unspecified atom stereocenters. The lowest BCUT2D eigenvalue weighted by atomic mass is 10.1. The van der Waals surface area contributed by atoms with Crippen LogP contribution in [-0.2, 0) is 14.8 Å². The largest absolute Gasteiger partial charge is 0.340 e. The molecule has 0 atom stereocenters. The number of nitrogens with zero attached hydrogens (tertiary/aromatic N) is 2. The van der Waals surface area contributed by atoms with Crippen LogP contribution in [0.3, 0.4) is 0 Å². The van der Waals surface area contributed by atoms with Crippen molar-refractivity contribution in [1.29, 1.82) is 0 Å². The number of hydrogen-bond donors (Lipinski definition) is 0. The number of benzene rings is 2. The fraction of sp³-hybridized carbons (Fsp3) is 0.389. The Kier molecular flexibility index (Phi) is 5.66. The predicted molar refractivity (Wildman–Crippen MR) is 102 cm³/mol. The molecule has 0 radical (unpaired) electrons. The minimum atomic E-state index is -3.53. The first kappa shape index (κ1) is 18.2. The summed E-state index contributed by atoms with van der Waals surface area (Å²) in [5.74, 6) is 0.908. The van der Waals surface area contributed by atoms with Crippen molar-refractivity contribution in [3.05, 3.63) is 42.5 Å². The van der Waals surface area contributed by atoms with Crippen molar-refractivity contribution in [2.24, 2.45) is 0 Å². The van der Waals surface area contributed by atoms with E-state index in [4.69, 9.17) is 0 Å². The molecule has 1 fully saturated rings. The maximum atomic E-state index is 12.9. The molecule has 2 aromatic rings. The van der Waals surface area contributed by atoms with E-state index in [1.165, 1.54) is 4.31 Å². The molecular weight excluding hydrogens is 356 g/mol. The first-order valence-corrected chi connectivity index (χ1v) is 11.1. The lowest BCUT2D eigenvalue weighted by Crippen LogP contribution is -2.50. The normalized spacial score (nSPS) is 16.3. The van der Waals surface area contributed by atoms with E-state index in [2.05, 4.69) is 0 Å². The Hall–Kier alpha value is -1.57. The van der Waals surface area contributed by atoms with Crippen molar-refractivity contribution in [3.8, 4) is 0 Å². The quantitative estimate of drug-likeness (QED) is 0.802. The smallest absolute Gasteiger partial charge is 0.243 e. The zero-order chi connectivity index (χ0) is 17.9. The highest BCUT2D eigenvalue weighted by atomic mass is 32.2. The summed E-state index contributed by atoms with van der Waals surface area (Å²) >= 11 is 1.64. The summed E-state index contributed by atoms with van der Waals surface area (Å²) in [6.45, 7) is 1.61. The van der Waals surface area contributed by atoms with Gasteiger partial charge >= 0.3 is 0 Å². The highest BCUT2D eigenvalue weighted by Gasteiger charge is 2.29. The maximum Gasteiger partial charge on any atom is 0.243 e. The van der Waals surface area contributed by atoms with E-state index in [9.17, 15) is 13.2 Å². The zero-order valence-corrected chi connectivity index (χ0v) is 15.9. The van der Waals surface area contributed by atoms with Crippen LogP contribution in [0.25, 0.3) is 10.8 Å². The molecule has 3 rings (SSSR count). The van der Waals surface area contributed by atoms with Crippen LogP contribution in [0.2, 0.25) is 0 Å². The summed E-state index contributed by atoms with van der Waals surface area (Å²) in [6, 6.07) is 12.9. The predicted octanol–water partition coefficient (Wildman–Crippen LogP) is 2.43. The van der Waals surface area contributed by atoms with E-state index < -0.39 is 10.0 Å². The van der Waals surface area contributed by atoms with E-state index in [0.29, 0.717) is 37.5 Å². The Morgan fingerprint density at radius 2 is 1.72 bits per heavy atom. The van der Waals surface area contributed by atoms with Gasteiger partial charge < -0.3 is 4.90 Å². The molecule has 0 spiro atoms. The van der Waals surface area contributed by atoms with Gasteiger partial charge in [0, 0.05) is 38.4 Å². The molecule has 1 heterocycles. The molecule has 25 heavy (non-hydrogen) atoms. The molecule has 0 saturated carbocycles. The van der Waals surface area contributed by atoms with Crippen LogP contribution in [0.1, 0.15) is 6.42 Å². The molecule has 1 aliphatic heterocycles. The third-order valence-corrected chi connectivity index (χ3v) is 6.98. The molecule has 0 N–H and O–H groups in total. The van der Waals surface area contributed by atoms with Gasteiger partial charge in [-0.2, -0.15) is 16.1 Å². The molecule has 0 aliphatic carbocycles. The summed E-state index contributed by atoms with van der Waals surface area (Å²) in [5, 5.41) is 1.93. The number of carbonyl (C=O) groups excluding carboxylic acids is 1. The van der Waals surface area contributed by atoms with Crippen molar-refractivity contribution >= 4 is 38.5 Å². The number of thioether (sulfide) groups is 1. The second-order valence-electron chi connectivity index (χ2n) is 6.04. The number of hydrogen-bond acceptors (Lipinski definition) is 4. The van der Waals surface area contributed by atoms with E-state index in [0.717, 1.165) is 16.5 Å². The third kappa shape index (κ3) is 3.99. The van der Waals surface area contributed by atoms with E-state index >= 15 is 0 Å². The molecule has 7 heteroatoms. The average molecular weight is 379 g/mol. The summed E-state index contributed by atoms with van der Waals surface area (Å²) in [6.07, 6.45) is 2.49. The van der Waals surface area contributed by atoms with Crippen LogP contribution in [-0.4, -0.2) is 61.7 Å². The van der Waals surface area contributed by atoms with Crippen LogP contribution in [0.4, 0.5) is 0 Å². The van der Waals surface area contributed by atoms with Crippen molar-refractivity contribution in [2.75, 3.05) is 38.2 Å². The Balaban J connectivity index is 1.72. The number of piperazine rings is 1. The standard InChI is InChI=1S/C18H22N2O3S2/c1-24-13-8-18(21)19-9-11-20(12-10-19)25(22,23)17-7-6-15-4-2-3-5-16(15)14-17/h2-7,14H,8-13H2,1H3. The minimum Gasteiger partial charge on any atom is -0.340 e. The van der Waals surface area contributed by atoms with Gasteiger partial charge in [0.2, 0.25) is 15.9 Å². The van der Waals surface area contributed by atoms with Crippen LogP contribution in [0.5, 0.6) is 0 Å². The Morgan fingerprint density at radius 3 is 2.40 bits per heavy atom. The first-order chi connectivity index (χ1) is 12.0. The summed E-state index contributed by atoms with van der Waals surface area (Å²) < 4.78 is 27.3. The molecule has 5 nitrogen and oxygen atoms in total. The molecule has 1 aliphatic rings. The summed E-state index contributed by atoms with van der Waals surface area (Å²) in [5.41, 5.74) is 0. The lowest BCUT2D eigenvalue weighted by molar-refractivity contribution is -0.131. The van der Waals surface area contributed by atoms with Crippen LogP contribution in [0, 0.1) is 0 Å². The topological polar surface area (TPSA) is 57.7 Å². The van der Waals surface area contributed by atoms with Gasteiger partial charge in [0.05, 0.1) is 4.90 Å². The highest BCUT2D eigenvalue weighted by molar-refractivity contribution is 7.98. The van der Waals surface area contributed by atoms with Gasteiger partial charge in [0.1, 0.15) is 0 Å². The van der Waals surface area contributed by atoms with Crippen molar-refractivity contribution in [1.82, 2.24) is 9.21 Å². The van der Waals surface area contributed by atoms with Gasteiger partial charge in [-0.15, -0.1) is 0 Å².